The van der Waals surface area contributed by atoms with Gasteiger partial charge in [0.15, 0.2) is 58.3 Å². The van der Waals surface area contributed by atoms with Crippen LogP contribution in [0.1, 0.15) is 24.2 Å². The summed E-state index contributed by atoms with van der Waals surface area (Å²) in [7, 11) is -17.7. The summed E-state index contributed by atoms with van der Waals surface area (Å²) in [5, 5.41) is 80.7. The minimum atomic E-state index is -4.82. The largest absolute Gasteiger partial charge is 0.469 e. The molecule has 16 atom stereocenters. The molecular weight excluding hydrogens is 1440 g/mol. The number of phosphoric ester groups is 4. The predicted molar refractivity (Wildman–Crippen MR) is 318 cm³/mol. The third kappa shape index (κ3) is 16.6. The molecule has 4 saturated heterocycles. The van der Waals surface area contributed by atoms with E-state index in [1.807, 2.05) is 0 Å². The Labute approximate surface area is 546 Å². The smallest absolute Gasteiger partial charge is 0.387 e. The number of aliphatic hydroxyl groups is 8. The summed E-state index contributed by atoms with van der Waals surface area (Å²) in [6.07, 6.45) is -18.2. The van der Waals surface area contributed by atoms with E-state index in [1.165, 1.54) is 45.7 Å². The summed E-state index contributed by atoms with van der Waals surface area (Å²) < 4.78 is 86.6. The fourth-order valence-corrected chi connectivity index (χ4v) is 11.7. The Kier molecular flexibility index (Phi) is 22.3. The average molecular weight is 1500 g/mol. The number of aromatic amines is 2. The van der Waals surface area contributed by atoms with Gasteiger partial charge in [-0.3, -0.25) is 65.8 Å². The number of nitrogens with two attached hydrogens (primary N) is 4. The Balaban J connectivity index is 0.000000153. The van der Waals surface area contributed by atoms with E-state index in [9.17, 15) is 78.3 Å². The van der Waals surface area contributed by atoms with Crippen molar-refractivity contribution in [3.63, 3.8) is 0 Å². The molecule has 0 unspecified atom stereocenters. The first-order valence-corrected chi connectivity index (χ1v) is 33.8. The van der Waals surface area contributed by atoms with E-state index >= 15 is 0 Å². The molecule has 0 aromatic carbocycles. The molecule has 0 aliphatic carbocycles. The van der Waals surface area contributed by atoms with Crippen molar-refractivity contribution < 1.29 is 140 Å². The molecule has 0 radical (unpaired) electrons. The molecule has 50 nitrogen and oxygen atoms in total. The minimum Gasteiger partial charge on any atom is -0.387 e. The highest BCUT2D eigenvalue weighted by Crippen LogP contribution is 2.43. The molecule has 540 valence electrons. The summed E-state index contributed by atoms with van der Waals surface area (Å²) in [6.45, 7) is -2.63. The topological polar surface area (TPSA) is 783 Å². The van der Waals surface area contributed by atoms with Gasteiger partial charge in [0, 0.05) is 13.2 Å². The van der Waals surface area contributed by atoms with Crippen molar-refractivity contribution in [2.75, 3.05) is 54.3 Å². The van der Waals surface area contributed by atoms with Gasteiger partial charge in [0.25, 0.3) is 16.7 Å². The summed E-state index contributed by atoms with van der Waals surface area (Å²) in [5.74, 6) is -1.33. The van der Waals surface area contributed by atoms with Gasteiger partial charge in [-0.05, 0) is 6.07 Å². The number of halogens is 1. The van der Waals surface area contributed by atoms with Gasteiger partial charge < -0.3 is 126 Å². The Hall–Kier alpha value is -6.88. The third-order valence-corrected chi connectivity index (χ3v) is 16.9. The summed E-state index contributed by atoms with van der Waals surface area (Å²) in [5.41, 5.74) is 21.1. The fourth-order valence-electron chi connectivity index (χ4n) is 10.1. The average Bonchev–Trinajstić information content (AvgIpc) is 1.63. The highest BCUT2D eigenvalue weighted by molar-refractivity contribution is 7.47. The number of hydrogen-bond acceptors (Lipinski definition) is 35. The zero-order chi connectivity index (χ0) is 72.3. The van der Waals surface area contributed by atoms with Crippen molar-refractivity contribution >= 4 is 112 Å². The lowest BCUT2D eigenvalue weighted by atomic mass is 10.1. The molecule has 26 N–H and O–H groups in total. The number of imidazole rings is 2. The zero-order valence-electron chi connectivity index (χ0n) is 49.1. The Morgan fingerprint density at radius 1 is 0.531 bits per heavy atom. The van der Waals surface area contributed by atoms with Crippen LogP contribution >= 0.6 is 42.9 Å². The number of carbonyl (C=O) groups excluding carboxylic acids is 1. The number of carbonyl (C=O) groups is 1. The molecule has 55 heteroatoms. The first-order valence-electron chi connectivity index (χ1n) is 27.3. The maximum absolute atomic E-state index is 12.2. The van der Waals surface area contributed by atoms with E-state index in [4.69, 9.17) is 92.6 Å². The fraction of sp³-hybridized carbons (Fsp3) is 0.512. The van der Waals surface area contributed by atoms with Gasteiger partial charge >= 0.3 is 31.3 Å². The van der Waals surface area contributed by atoms with Crippen LogP contribution in [-0.2, 0) is 73.6 Å². The molecule has 1 amide bonds. The van der Waals surface area contributed by atoms with E-state index in [0.29, 0.717) is 0 Å². The number of fused-ring (bicyclic) bond motifs is 4. The normalized spacial score (nSPS) is 28.1. The number of phosphoric acid groups is 4. The number of rotatable bonds is 16. The van der Waals surface area contributed by atoms with Crippen molar-refractivity contribution in [3.05, 3.63) is 66.7 Å². The molecule has 12 rings (SSSR count). The molecule has 98 heavy (non-hydrogen) atoms. The SMILES string of the molecule is Cn1c(N)nc2c(ncn2[C@@H]2O[C@H](COP(=O)(O)O)[C@@H](O)[C@H]2O)c1=O.Nc1nc(Cl)c2ncn([C@@H]3O[C@H](COP(=O)(O)O)[C@@H](O)[C@H]3O)c2n1.Nc1nc2c(c(=O)[nH]1)CC(=O)N2[C@@H]1O[C@H](COP(=O)(O)O)[C@@H](O)[C@H]1O.Nc1nc2c(ccn2[C@@H]2O[C@H](COP(=O)(O)O)[C@@H](O)[C@H]2O)c(=O)[nH]1. The van der Waals surface area contributed by atoms with Crippen LogP contribution < -0.4 is 44.5 Å². The quantitative estimate of drug-likeness (QED) is 0.0316. The molecule has 7 aromatic heterocycles. The van der Waals surface area contributed by atoms with E-state index in [2.05, 4.69) is 63.0 Å². The summed E-state index contributed by atoms with van der Waals surface area (Å²) >= 11 is 5.91. The Morgan fingerprint density at radius 3 is 1.39 bits per heavy atom. The Morgan fingerprint density at radius 2 is 0.929 bits per heavy atom. The molecule has 0 spiro atoms. The van der Waals surface area contributed by atoms with Crippen LogP contribution in [-0.4, -0.2) is 255 Å². The number of hydrogen-bond donors (Lipinski definition) is 22. The van der Waals surface area contributed by atoms with Crippen LogP contribution in [0.25, 0.3) is 33.4 Å². The molecular formula is C43H59ClN18O32P4. The first kappa shape index (κ1) is 75.3. The van der Waals surface area contributed by atoms with Crippen molar-refractivity contribution in [3.8, 4) is 0 Å². The lowest BCUT2D eigenvalue weighted by Gasteiger charge is -2.26. The zero-order valence-corrected chi connectivity index (χ0v) is 53.4. The van der Waals surface area contributed by atoms with Gasteiger partial charge in [0.1, 0.15) is 78.8 Å². The number of aliphatic hydroxyl groups excluding tert-OH is 8. The number of ether oxygens (including phenoxy) is 4. The first-order chi connectivity index (χ1) is 45.5. The second-order valence-electron chi connectivity index (χ2n) is 21.3. The highest BCUT2D eigenvalue weighted by Gasteiger charge is 2.52. The monoisotopic (exact) mass is 1500 g/mol. The van der Waals surface area contributed by atoms with Gasteiger partial charge in [-0.1, -0.05) is 11.6 Å². The van der Waals surface area contributed by atoms with Crippen LogP contribution in [0.5, 0.6) is 0 Å². The number of nitrogens with one attached hydrogen (secondary N) is 2. The third-order valence-electron chi connectivity index (χ3n) is 14.7. The number of H-pyrrole nitrogens is 2. The van der Waals surface area contributed by atoms with Gasteiger partial charge in [-0.2, -0.15) is 24.9 Å². The van der Waals surface area contributed by atoms with Crippen molar-refractivity contribution in [2.45, 2.75) is 105 Å². The number of aromatic nitrogens is 13. The lowest BCUT2D eigenvalue weighted by molar-refractivity contribution is -0.121. The molecule has 4 fully saturated rings. The van der Waals surface area contributed by atoms with E-state index in [0.717, 1.165) is 9.47 Å². The minimum absolute atomic E-state index is 0.00525. The molecule has 5 aliphatic rings. The second kappa shape index (κ2) is 29.0. The van der Waals surface area contributed by atoms with E-state index < -0.39 is 178 Å². The lowest BCUT2D eigenvalue weighted by Crippen LogP contribution is -2.46. The Bertz CT molecular complexity index is 4500. The maximum atomic E-state index is 12.2. The molecule has 0 bridgehead atoms. The van der Waals surface area contributed by atoms with Crippen LogP contribution in [0, 0.1) is 0 Å². The maximum Gasteiger partial charge on any atom is 0.469 e. The number of anilines is 5. The standard InChI is InChI=1S/C11H16N5O8P.C11H15N4O9P.C11H15N4O8P.C10H13ClN5O7P/c1-15-9(19)5-8(14-11(15)12)16(3-13-5)10-7(18)6(17)4(24-10)2-23-25(20,21)22;12-11-13-8-3(9(19)14-11)1-5(16)15(8)10-7(18)6(17)4(24-10)2-23-25(20,21)22;12-11-13-8-4(9(18)14-11)1-2-15(8)10-7(17)6(16)5(23-10)3-22-24(19,20)21;11-7-4-8(15-10(12)14-7)16(2-13-4)9-6(18)5(17)3(23-9)1-22-24(19,20)21/h3-4,6-7,10,17-18H,2H2,1H3,(H2,12,14)(H2,20,21,22);4,6-7,10,17-18H,1-2H2,(H2,20,21,22)(H3,12,13,14,19);1-2,5-7,10,16-17H,3H2,(H2,19,20,21)(H3,12,13,14,18);2-3,5-6,9,17-18H,1H2,(H2,12,14,15)(H2,19,20,21)/t2*4-,6-,7-,10-;5-,6-,7-,10-;3-,5-,6-,9-/m1111/s1. The second-order valence-corrected chi connectivity index (χ2v) is 26.6. The number of nitrogens with zero attached hydrogens (tertiary/aromatic N) is 12. The van der Waals surface area contributed by atoms with E-state index in [-0.39, 0.29) is 80.1 Å². The number of nitrogen functional groups attached to an aromatic ring is 4. The van der Waals surface area contributed by atoms with Crippen LogP contribution in [0.4, 0.5) is 29.6 Å². The molecule has 5 aliphatic heterocycles. The predicted octanol–water partition coefficient (Wildman–Crippen LogP) is -8.94. The molecule has 7 aromatic rings. The highest BCUT2D eigenvalue weighted by atomic mass is 35.5. The van der Waals surface area contributed by atoms with Crippen molar-refractivity contribution in [1.82, 2.24) is 63.1 Å². The van der Waals surface area contributed by atoms with Gasteiger partial charge in [0.2, 0.25) is 29.7 Å². The number of amides is 1. The molecule has 0 saturated carbocycles. The summed E-state index contributed by atoms with van der Waals surface area (Å²) in [4.78, 5) is 151. The van der Waals surface area contributed by atoms with Crippen molar-refractivity contribution in [2.24, 2.45) is 7.05 Å². The van der Waals surface area contributed by atoms with Crippen LogP contribution in [0.3, 0.4) is 0 Å². The van der Waals surface area contributed by atoms with Gasteiger partial charge in [-0.15, -0.1) is 0 Å². The van der Waals surface area contributed by atoms with Gasteiger partial charge in [0.05, 0.1) is 56.5 Å². The van der Waals surface area contributed by atoms with Crippen molar-refractivity contribution in [1.29, 1.82) is 0 Å². The summed E-state index contributed by atoms with van der Waals surface area (Å²) in [6, 6.07) is 1.43. The van der Waals surface area contributed by atoms with Crippen LogP contribution in [0.15, 0.2) is 39.3 Å². The molecule has 12 heterocycles. The van der Waals surface area contributed by atoms with Gasteiger partial charge in [-0.25, -0.2) is 28.2 Å². The van der Waals surface area contributed by atoms with Crippen LogP contribution in [0.2, 0.25) is 5.15 Å². The van der Waals surface area contributed by atoms with E-state index in [1.54, 1.807) is 0 Å².